The second kappa shape index (κ2) is 8.55. The Labute approximate surface area is 95.5 Å². The third kappa shape index (κ3) is 6.66. The number of halogens is 1. The molecule has 0 aliphatic heterocycles. The van der Waals surface area contributed by atoms with Gasteiger partial charge in [-0.3, -0.25) is 0 Å². The number of hydrogen-bond donors (Lipinski definition) is 0. The molecule has 2 heteroatoms. The van der Waals surface area contributed by atoms with Gasteiger partial charge >= 0.3 is 0 Å². The van der Waals surface area contributed by atoms with Crippen molar-refractivity contribution in [2.75, 3.05) is 0 Å². The molecule has 0 unspecified atom stereocenters. The van der Waals surface area contributed by atoms with Crippen molar-refractivity contribution >= 4 is 18.5 Å². The van der Waals surface area contributed by atoms with Crippen LogP contribution in [0.3, 0.4) is 0 Å². The molecule has 0 heterocycles. The first-order valence-corrected chi connectivity index (χ1v) is 9.61. The normalized spacial score (nSPS) is 11.6. The first-order chi connectivity index (χ1) is 6.68. The molecule has 0 fully saturated rings. The lowest BCUT2D eigenvalue weighted by molar-refractivity contribution is 0.670. The number of hydrogen-bond acceptors (Lipinski definition) is 0. The third-order valence-corrected chi connectivity index (χ3v) is 9.01. The molecule has 14 heavy (non-hydrogen) atoms. The Morgan fingerprint density at radius 1 is 1.07 bits per heavy atom. The van der Waals surface area contributed by atoms with E-state index in [1.165, 1.54) is 50.2 Å². The summed E-state index contributed by atoms with van der Waals surface area (Å²) in [6.45, 7) is 8.23. The highest BCUT2D eigenvalue weighted by molar-refractivity contribution is 7.20. The van der Waals surface area contributed by atoms with Crippen LogP contribution in [0, 0.1) is 0 Å². The lowest BCUT2D eigenvalue weighted by atomic mass is 10.1. The summed E-state index contributed by atoms with van der Waals surface area (Å²) in [5, 5.41) is 0. The van der Waals surface area contributed by atoms with Crippen molar-refractivity contribution in [1.82, 2.24) is 0 Å². The SMILES string of the molecule is C=CCCCCCC[Si](Cl)(CC)CC. The molecule has 0 aromatic heterocycles. The molecule has 0 spiro atoms. The third-order valence-electron chi connectivity index (χ3n) is 3.05. The molecule has 0 saturated carbocycles. The predicted molar refractivity (Wildman–Crippen MR) is 70.7 cm³/mol. The summed E-state index contributed by atoms with van der Waals surface area (Å²) in [7, 11) is -1.31. The second-order valence-electron chi connectivity index (χ2n) is 4.10. The first-order valence-electron chi connectivity index (χ1n) is 5.98. The quantitative estimate of drug-likeness (QED) is 0.218. The topological polar surface area (TPSA) is 0 Å². The first kappa shape index (κ1) is 14.2. The van der Waals surface area contributed by atoms with Crippen LogP contribution in [-0.2, 0) is 0 Å². The van der Waals surface area contributed by atoms with E-state index in [1.54, 1.807) is 0 Å². The van der Waals surface area contributed by atoms with Crippen molar-refractivity contribution in [3.05, 3.63) is 12.7 Å². The lowest BCUT2D eigenvalue weighted by Crippen LogP contribution is -2.23. The smallest absolute Gasteiger partial charge is 0.156 e. The average Bonchev–Trinajstić information content (AvgIpc) is 2.23. The highest BCUT2D eigenvalue weighted by Gasteiger charge is 2.24. The molecule has 0 N–H and O–H groups in total. The largest absolute Gasteiger partial charge is 0.167 e. The van der Waals surface area contributed by atoms with Crippen LogP contribution in [-0.4, -0.2) is 7.38 Å². The molecule has 84 valence electrons. The highest BCUT2D eigenvalue weighted by Crippen LogP contribution is 2.27. The maximum atomic E-state index is 6.57. The van der Waals surface area contributed by atoms with Crippen LogP contribution in [0.25, 0.3) is 0 Å². The summed E-state index contributed by atoms with van der Waals surface area (Å²) in [6, 6.07) is 3.78. The van der Waals surface area contributed by atoms with Crippen LogP contribution in [0.1, 0.15) is 46.0 Å². The molecule has 0 aliphatic rings. The van der Waals surface area contributed by atoms with E-state index >= 15 is 0 Å². The minimum Gasteiger partial charge on any atom is -0.167 e. The Hall–Kier alpha value is 0.247. The van der Waals surface area contributed by atoms with E-state index in [0.29, 0.717) is 0 Å². The van der Waals surface area contributed by atoms with Gasteiger partial charge in [0.2, 0.25) is 0 Å². The molecular weight excluding hydrogens is 208 g/mol. The maximum absolute atomic E-state index is 6.57. The molecule has 0 rings (SSSR count). The monoisotopic (exact) mass is 232 g/mol. The number of rotatable bonds is 9. The van der Waals surface area contributed by atoms with Gasteiger partial charge in [-0.1, -0.05) is 39.2 Å². The van der Waals surface area contributed by atoms with E-state index in [2.05, 4.69) is 20.4 Å². The van der Waals surface area contributed by atoms with Crippen molar-refractivity contribution in [3.63, 3.8) is 0 Å². The number of allylic oxidation sites excluding steroid dienone is 1. The summed E-state index contributed by atoms with van der Waals surface area (Å²) in [5.74, 6) is 0. The molecule has 0 aliphatic carbocycles. The van der Waals surface area contributed by atoms with Crippen molar-refractivity contribution < 1.29 is 0 Å². The lowest BCUT2D eigenvalue weighted by Gasteiger charge is -2.20. The van der Waals surface area contributed by atoms with E-state index in [1.807, 2.05) is 6.08 Å². The molecule has 0 bridgehead atoms. The average molecular weight is 233 g/mol. The summed E-state index contributed by atoms with van der Waals surface area (Å²) < 4.78 is 0. The van der Waals surface area contributed by atoms with Gasteiger partial charge in [-0.05, 0) is 31.0 Å². The van der Waals surface area contributed by atoms with Gasteiger partial charge < -0.3 is 0 Å². The molecule has 0 atom stereocenters. The van der Waals surface area contributed by atoms with Crippen molar-refractivity contribution in [2.24, 2.45) is 0 Å². The maximum Gasteiger partial charge on any atom is 0.156 e. The van der Waals surface area contributed by atoms with Crippen LogP contribution in [0.5, 0.6) is 0 Å². The summed E-state index contributed by atoms with van der Waals surface area (Å²) in [5.41, 5.74) is 0. The van der Waals surface area contributed by atoms with Crippen LogP contribution in [0.4, 0.5) is 0 Å². The van der Waals surface area contributed by atoms with Crippen LogP contribution < -0.4 is 0 Å². The van der Waals surface area contributed by atoms with E-state index in [9.17, 15) is 0 Å². The van der Waals surface area contributed by atoms with E-state index in [0.717, 1.165) is 0 Å². The van der Waals surface area contributed by atoms with Gasteiger partial charge in [0.15, 0.2) is 7.38 Å². The second-order valence-corrected chi connectivity index (χ2v) is 10.7. The summed E-state index contributed by atoms with van der Waals surface area (Å²) in [6.07, 6.45) is 8.53. The van der Waals surface area contributed by atoms with Crippen LogP contribution in [0.2, 0.25) is 18.1 Å². The molecule has 0 radical (unpaired) electrons. The summed E-state index contributed by atoms with van der Waals surface area (Å²) >= 11 is 6.57. The van der Waals surface area contributed by atoms with Gasteiger partial charge in [0.05, 0.1) is 0 Å². The molecule has 0 saturated heterocycles. The van der Waals surface area contributed by atoms with E-state index in [-0.39, 0.29) is 0 Å². The fraction of sp³-hybridized carbons (Fsp3) is 0.833. The Morgan fingerprint density at radius 2 is 1.64 bits per heavy atom. The predicted octanol–water partition coefficient (Wildman–Crippen LogP) is 5.35. The summed E-state index contributed by atoms with van der Waals surface area (Å²) in [4.78, 5) is 0. The Balaban J connectivity index is 3.38. The van der Waals surface area contributed by atoms with Gasteiger partial charge in [-0.2, -0.15) is 11.1 Å². The molecule has 0 nitrogen and oxygen atoms in total. The zero-order valence-corrected chi connectivity index (χ0v) is 11.6. The van der Waals surface area contributed by atoms with Crippen molar-refractivity contribution in [1.29, 1.82) is 0 Å². The van der Waals surface area contributed by atoms with Crippen molar-refractivity contribution in [2.45, 2.75) is 64.1 Å². The Kier molecular flexibility index (Phi) is 8.70. The molecule has 0 aromatic carbocycles. The zero-order valence-electron chi connectivity index (χ0n) is 9.82. The highest BCUT2D eigenvalue weighted by atomic mass is 35.6. The number of unbranched alkanes of at least 4 members (excludes halogenated alkanes) is 4. The zero-order chi connectivity index (χ0) is 10.9. The van der Waals surface area contributed by atoms with Gasteiger partial charge in [-0.15, -0.1) is 6.58 Å². The fourth-order valence-corrected chi connectivity index (χ4v) is 4.18. The fourth-order valence-electron chi connectivity index (χ4n) is 1.69. The standard InChI is InChI=1S/C12H25ClSi/c1-4-7-8-9-10-11-12-14(13,5-2)6-3/h4H,1,5-12H2,2-3H3. The van der Waals surface area contributed by atoms with Gasteiger partial charge in [0.25, 0.3) is 0 Å². The van der Waals surface area contributed by atoms with Crippen LogP contribution >= 0.6 is 11.1 Å². The van der Waals surface area contributed by atoms with Gasteiger partial charge in [0, 0.05) is 0 Å². The molecule has 0 aromatic rings. The Bertz CT molecular complexity index is 141. The minimum atomic E-state index is -1.31. The van der Waals surface area contributed by atoms with E-state index < -0.39 is 7.38 Å². The van der Waals surface area contributed by atoms with Gasteiger partial charge in [0.1, 0.15) is 0 Å². The Morgan fingerprint density at radius 3 is 2.14 bits per heavy atom. The molecule has 0 amide bonds. The van der Waals surface area contributed by atoms with E-state index in [4.69, 9.17) is 11.1 Å². The van der Waals surface area contributed by atoms with Crippen LogP contribution in [0.15, 0.2) is 12.7 Å². The minimum absolute atomic E-state index is 1.17. The van der Waals surface area contributed by atoms with Gasteiger partial charge in [-0.25, -0.2) is 0 Å². The van der Waals surface area contributed by atoms with Crippen molar-refractivity contribution in [3.8, 4) is 0 Å². The molecular formula is C12H25ClSi.